The lowest BCUT2D eigenvalue weighted by atomic mass is 10.1. The quantitative estimate of drug-likeness (QED) is 0.434. The lowest BCUT2D eigenvalue weighted by Crippen LogP contribution is -1.87. The minimum absolute atomic E-state index is 0.531. The summed E-state index contributed by atoms with van der Waals surface area (Å²) in [5.41, 5.74) is 3.49. The number of pyridine rings is 1. The van der Waals surface area contributed by atoms with Gasteiger partial charge >= 0.3 is 0 Å². The van der Waals surface area contributed by atoms with Gasteiger partial charge in [0.15, 0.2) is 0 Å². The van der Waals surface area contributed by atoms with Gasteiger partial charge in [-0.2, -0.15) is 0 Å². The molecule has 3 aromatic rings. The van der Waals surface area contributed by atoms with Crippen LogP contribution in [-0.2, 0) is 0 Å². The zero-order chi connectivity index (χ0) is 12.5. The third-order valence-electron chi connectivity index (χ3n) is 2.95. The molecule has 0 saturated heterocycles. The zero-order valence-electron chi connectivity index (χ0n) is 9.93. The minimum atomic E-state index is 0.531. The molecule has 0 radical (unpaired) electrons. The van der Waals surface area contributed by atoms with E-state index >= 15 is 0 Å². The first-order valence-electron chi connectivity index (χ1n) is 5.83. The van der Waals surface area contributed by atoms with Gasteiger partial charge in [-0.1, -0.05) is 40.8 Å². The number of thiophene rings is 1. The average molecular weight is 365 g/mol. The molecular formula is C15H12INS. The van der Waals surface area contributed by atoms with E-state index in [0.29, 0.717) is 3.92 Å². The summed E-state index contributed by atoms with van der Waals surface area (Å²) in [6.07, 6.45) is 0. The van der Waals surface area contributed by atoms with Crippen LogP contribution in [0.3, 0.4) is 0 Å². The van der Waals surface area contributed by atoms with Gasteiger partial charge in [0.2, 0.25) is 0 Å². The zero-order valence-corrected chi connectivity index (χ0v) is 12.9. The molecule has 0 aliphatic rings. The molecule has 0 aliphatic carbocycles. The van der Waals surface area contributed by atoms with E-state index in [4.69, 9.17) is 4.98 Å². The Kier molecular flexibility index (Phi) is 3.35. The highest BCUT2D eigenvalue weighted by atomic mass is 127. The summed E-state index contributed by atoms with van der Waals surface area (Å²) in [4.78, 5) is 5.95. The summed E-state index contributed by atoms with van der Waals surface area (Å²) < 4.78 is 0.531. The van der Waals surface area contributed by atoms with E-state index in [9.17, 15) is 0 Å². The van der Waals surface area contributed by atoms with Crippen molar-refractivity contribution >= 4 is 44.8 Å². The van der Waals surface area contributed by atoms with Gasteiger partial charge in [0.05, 0.1) is 16.1 Å². The van der Waals surface area contributed by atoms with Crippen LogP contribution in [0.25, 0.3) is 21.5 Å². The molecule has 1 atom stereocenters. The highest BCUT2D eigenvalue weighted by molar-refractivity contribution is 14.1. The van der Waals surface area contributed by atoms with E-state index in [1.54, 1.807) is 11.3 Å². The predicted octanol–water partition coefficient (Wildman–Crippen LogP) is 5.46. The smallest absolute Gasteiger partial charge is 0.0809 e. The summed E-state index contributed by atoms with van der Waals surface area (Å²) in [7, 11) is 0. The van der Waals surface area contributed by atoms with Crippen LogP contribution in [0.1, 0.15) is 16.4 Å². The van der Waals surface area contributed by atoms with Crippen LogP contribution in [0, 0.1) is 0 Å². The molecule has 3 rings (SSSR count). The fraction of sp³-hybridized carbons (Fsp3) is 0.133. The number of nitrogens with zero attached hydrogens (tertiary/aromatic N) is 1. The number of benzene rings is 1. The minimum Gasteiger partial charge on any atom is -0.247 e. The van der Waals surface area contributed by atoms with Crippen molar-refractivity contribution < 1.29 is 0 Å². The Morgan fingerprint density at radius 3 is 2.78 bits per heavy atom. The van der Waals surface area contributed by atoms with Gasteiger partial charge in [0.25, 0.3) is 0 Å². The molecule has 1 unspecified atom stereocenters. The Morgan fingerprint density at radius 2 is 2.06 bits per heavy atom. The predicted molar refractivity (Wildman–Crippen MR) is 87.5 cm³/mol. The van der Waals surface area contributed by atoms with Crippen LogP contribution in [0.5, 0.6) is 0 Å². The van der Waals surface area contributed by atoms with Crippen molar-refractivity contribution in [3.05, 3.63) is 53.4 Å². The second-order valence-corrected chi connectivity index (χ2v) is 7.06. The first-order valence-corrected chi connectivity index (χ1v) is 7.95. The Labute approximate surface area is 124 Å². The van der Waals surface area contributed by atoms with Crippen LogP contribution in [0.4, 0.5) is 0 Å². The fourth-order valence-corrected chi connectivity index (χ4v) is 3.04. The number of halogens is 1. The summed E-state index contributed by atoms with van der Waals surface area (Å²) in [5.74, 6) is 0. The van der Waals surface area contributed by atoms with E-state index in [1.807, 2.05) is 0 Å². The highest BCUT2D eigenvalue weighted by Crippen LogP contribution is 2.28. The molecule has 2 heterocycles. The van der Waals surface area contributed by atoms with E-state index < -0.39 is 0 Å². The van der Waals surface area contributed by atoms with Crippen LogP contribution < -0.4 is 0 Å². The highest BCUT2D eigenvalue weighted by Gasteiger charge is 2.05. The van der Waals surface area contributed by atoms with Gasteiger partial charge in [-0.15, -0.1) is 11.3 Å². The van der Waals surface area contributed by atoms with Gasteiger partial charge in [-0.25, -0.2) is 4.98 Å². The van der Waals surface area contributed by atoms with Crippen molar-refractivity contribution in [1.29, 1.82) is 0 Å². The first kappa shape index (κ1) is 12.1. The van der Waals surface area contributed by atoms with Gasteiger partial charge in [0.1, 0.15) is 0 Å². The third kappa shape index (κ3) is 2.29. The summed E-state index contributed by atoms with van der Waals surface area (Å²) in [5, 5.41) is 3.30. The first-order chi connectivity index (χ1) is 8.74. The topological polar surface area (TPSA) is 12.9 Å². The lowest BCUT2D eigenvalue weighted by Gasteiger charge is -2.06. The molecule has 0 fully saturated rings. The summed E-state index contributed by atoms with van der Waals surface area (Å²) >= 11 is 4.17. The Bertz CT molecular complexity index is 674. The van der Waals surface area contributed by atoms with Gasteiger partial charge in [-0.3, -0.25) is 0 Å². The van der Waals surface area contributed by atoms with Gasteiger partial charge < -0.3 is 0 Å². The monoisotopic (exact) mass is 365 g/mol. The van der Waals surface area contributed by atoms with E-state index in [1.165, 1.54) is 15.8 Å². The molecule has 3 heteroatoms. The third-order valence-corrected chi connectivity index (χ3v) is 4.56. The van der Waals surface area contributed by atoms with Gasteiger partial charge in [-0.05, 0) is 42.1 Å². The fourth-order valence-electron chi connectivity index (χ4n) is 1.95. The Morgan fingerprint density at radius 1 is 1.17 bits per heavy atom. The van der Waals surface area contributed by atoms with Crippen LogP contribution in [0.2, 0.25) is 0 Å². The largest absolute Gasteiger partial charge is 0.247 e. The van der Waals surface area contributed by atoms with Crippen molar-refractivity contribution in [2.45, 2.75) is 10.8 Å². The molecule has 1 aromatic carbocycles. The molecule has 0 amide bonds. The van der Waals surface area contributed by atoms with Crippen LogP contribution in [-0.4, -0.2) is 4.98 Å². The maximum Gasteiger partial charge on any atom is 0.0809 e. The maximum absolute atomic E-state index is 4.73. The molecule has 0 bridgehead atoms. The Hall–Kier alpha value is -0.940. The van der Waals surface area contributed by atoms with Crippen molar-refractivity contribution in [1.82, 2.24) is 4.98 Å². The van der Waals surface area contributed by atoms with Crippen molar-refractivity contribution in [2.75, 3.05) is 0 Å². The number of aromatic nitrogens is 1. The molecule has 0 spiro atoms. The average Bonchev–Trinajstić information content (AvgIpc) is 2.91. The van der Waals surface area contributed by atoms with Crippen molar-refractivity contribution in [3.8, 4) is 10.6 Å². The SMILES string of the molecule is CC(I)c1ccc2nc(-c3cccs3)ccc2c1. The summed E-state index contributed by atoms with van der Waals surface area (Å²) in [6.45, 7) is 2.20. The van der Waals surface area contributed by atoms with E-state index in [-0.39, 0.29) is 0 Å². The van der Waals surface area contributed by atoms with Gasteiger partial charge in [0, 0.05) is 9.31 Å². The van der Waals surface area contributed by atoms with Crippen molar-refractivity contribution in [2.24, 2.45) is 0 Å². The number of alkyl halides is 1. The molecule has 0 N–H and O–H groups in total. The molecular weight excluding hydrogens is 353 g/mol. The normalized spacial score (nSPS) is 12.8. The molecule has 2 aromatic heterocycles. The molecule has 0 aliphatic heterocycles. The second-order valence-electron chi connectivity index (χ2n) is 4.24. The Balaban J connectivity index is 2.11. The van der Waals surface area contributed by atoms with Crippen LogP contribution >= 0.6 is 33.9 Å². The van der Waals surface area contributed by atoms with E-state index in [0.717, 1.165) is 11.2 Å². The second kappa shape index (κ2) is 4.97. The number of rotatable bonds is 2. The number of hydrogen-bond donors (Lipinski definition) is 0. The molecule has 1 nitrogen and oxygen atoms in total. The molecule has 18 heavy (non-hydrogen) atoms. The maximum atomic E-state index is 4.73. The number of hydrogen-bond acceptors (Lipinski definition) is 2. The summed E-state index contributed by atoms with van der Waals surface area (Å²) in [6, 6.07) is 15.0. The molecule has 90 valence electrons. The standard InChI is InChI=1S/C15H12INS/c1-10(16)11-4-6-13-12(9-11)5-7-14(17-13)15-3-2-8-18-15/h2-10H,1H3. The molecule has 0 saturated carbocycles. The van der Waals surface area contributed by atoms with E-state index in [2.05, 4.69) is 77.4 Å². The van der Waals surface area contributed by atoms with Crippen LogP contribution in [0.15, 0.2) is 47.8 Å². The lowest BCUT2D eigenvalue weighted by molar-refractivity contribution is 1.15. The number of fused-ring (bicyclic) bond motifs is 1. The van der Waals surface area contributed by atoms with Crippen molar-refractivity contribution in [3.63, 3.8) is 0 Å².